The summed E-state index contributed by atoms with van der Waals surface area (Å²) in [6, 6.07) is 3.97. The number of aromatic hydroxyl groups is 1. The van der Waals surface area contributed by atoms with Crippen LogP contribution in [0.2, 0.25) is 0 Å². The number of nitrogens with two attached hydrogens (primary N) is 1. The minimum absolute atomic E-state index is 0. The maximum atomic E-state index is 9.62. The highest BCUT2D eigenvalue weighted by molar-refractivity contribution is 14.1. The smallest absolute Gasteiger partial charge is 0.133 e. The van der Waals surface area contributed by atoms with Crippen LogP contribution in [0.4, 0.5) is 0 Å². The Labute approximate surface area is 104 Å². The summed E-state index contributed by atoms with van der Waals surface area (Å²) < 4.78 is 0.879. The highest BCUT2D eigenvalue weighted by Gasteiger charge is 2.08. The molecule has 3 N–H and O–H groups in total. The molecule has 0 aromatic heterocycles. The van der Waals surface area contributed by atoms with E-state index < -0.39 is 0 Å². The fourth-order valence-electron chi connectivity index (χ4n) is 1.17. The maximum absolute atomic E-state index is 9.62. The van der Waals surface area contributed by atoms with E-state index in [0.29, 0.717) is 18.2 Å². The number of benzene rings is 1. The van der Waals surface area contributed by atoms with Crippen LogP contribution in [-0.2, 0) is 6.54 Å². The van der Waals surface area contributed by atoms with Crippen molar-refractivity contribution >= 4 is 35.0 Å². The molecule has 0 fully saturated rings. The Balaban J connectivity index is 0.00000169. The van der Waals surface area contributed by atoms with Gasteiger partial charge in [-0.1, -0.05) is 19.9 Å². The normalized spacial score (nSPS) is 10.1. The summed E-state index contributed by atoms with van der Waals surface area (Å²) >= 11 is 2.13. The Kier molecular flexibility index (Phi) is 5.78. The van der Waals surface area contributed by atoms with Crippen LogP contribution < -0.4 is 5.73 Å². The second kappa shape index (κ2) is 5.78. The summed E-state index contributed by atoms with van der Waals surface area (Å²) in [5.41, 5.74) is 7.58. The molecule has 0 aliphatic carbocycles. The first kappa shape index (κ1) is 14.0. The van der Waals surface area contributed by atoms with Gasteiger partial charge in [0.1, 0.15) is 5.75 Å². The second-order valence-electron chi connectivity index (χ2n) is 3.37. The van der Waals surface area contributed by atoms with Crippen LogP contribution in [-0.4, -0.2) is 5.11 Å². The Bertz CT molecular complexity index is 315. The monoisotopic (exact) mass is 327 g/mol. The molecule has 0 aliphatic rings. The molecule has 0 spiro atoms. The third kappa shape index (κ3) is 3.00. The largest absolute Gasteiger partial charge is 0.507 e. The van der Waals surface area contributed by atoms with Crippen molar-refractivity contribution in [2.75, 3.05) is 0 Å². The Morgan fingerprint density at radius 2 is 2.00 bits per heavy atom. The van der Waals surface area contributed by atoms with E-state index in [4.69, 9.17) is 5.73 Å². The van der Waals surface area contributed by atoms with Crippen LogP contribution in [0.3, 0.4) is 0 Å². The second-order valence-corrected chi connectivity index (χ2v) is 4.53. The van der Waals surface area contributed by atoms with Gasteiger partial charge in [0.2, 0.25) is 0 Å². The van der Waals surface area contributed by atoms with Crippen molar-refractivity contribution in [2.24, 2.45) is 5.73 Å². The number of phenols is 1. The van der Waals surface area contributed by atoms with E-state index in [1.54, 1.807) is 0 Å². The average molecular weight is 328 g/mol. The first-order valence-electron chi connectivity index (χ1n) is 4.27. The number of rotatable bonds is 2. The number of hydrogen-bond donors (Lipinski definition) is 2. The van der Waals surface area contributed by atoms with E-state index in [0.717, 1.165) is 9.13 Å². The number of phenolic OH excluding ortho intramolecular Hbond substituents is 1. The molecule has 1 rings (SSSR count). The van der Waals surface area contributed by atoms with Gasteiger partial charge in [0.25, 0.3) is 0 Å². The molecule has 0 bridgehead atoms. The number of hydrogen-bond acceptors (Lipinski definition) is 2. The predicted molar refractivity (Wildman–Crippen MR) is 70.1 cm³/mol. The van der Waals surface area contributed by atoms with Gasteiger partial charge in [0, 0.05) is 12.1 Å². The average Bonchev–Trinajstić information content (AvgIpc) is 2.09. The minimum Gasteiger partial charge on any atom is -0.507 e. The molecule has 0 saturated heterocycles. The lowest BCUT2D eigenvalue weighted by Gasteiger charge is -2.10. The molecule has 0 aliphatic heterocycles. The lowest BCUT2D eigenvalue weighted by Crippen LogP contribution is -2.00. The SMILES string of the molecule is CC(C)c1cc(I)c(O)c(CN)c1.Cl. The Morgan fingerprint density at radius 1 is 1.43 bits per heavy atom. The van der Waals surface area contributed by atoms with Crippen LogP contribution in [0.15, 0.2) is 12.1 Å². The Morgan fingerprint density at radius 3 is 2.43 bits per heavy atom. The van der Waals surface area contributed by atoms with Gasteiger partial charge in [-0.3, -0.25) is 0 Å². The van der Waals surface area contributed by atoms with Gasteiger partial charge in [-0.05, 0) is 40.1 Å². The van der Waals surface area contributed by atoms with Crippen LogP contribution in [0.1, 0.15) is 30.9 Å². The molecule has 0 saturated carbocycles. The van der Waals surface area contributed by atoms with Crippen LogP contribution in [0, 0.1) is 3.57 Å². The van der Waals surface area contributed by atoms with Gasteiger partial charge in [-0.2, -0.15) is 0 Å². The predicted octanol–water partition coefficient (Wildman–Crippen LogP) is 3.00. The number of halogens is 2. The first-order valence-corrected chi connectivity index (χ1v) is 5.35. The molecule has 1 aromatic carbocycles. The van der Waals surface area contributed by atoms with Gasteiger partial charge in [-0.15, -0.1) is 12.4 Å². The molecular weight excluding hydrogens is 312 g/mol. The molecule has 0 amide bonds. The van der Waals surface area contributed by atoms with Gasteiger partial charge < -0.3 is 10.8 Å². The molecule has 4 heteroatoms. The molecule has 2 nitrogen and oxygen atoms in total. The molecule has 0 radical (unpaired) electrons. The Hall–Kier alpha value is -0.0000000000000000555. The van der Waals surface area contributed by atoms with Crippen LogP contribution in [0.25, 0.3) is 0 Å². The third-order valence-corrected chi connectivity index (χ3v) is 2.87. The van der Waals surface area contributed by atoms with Gasteiger partial charge in [0.15, 0.2) is 0 Å². The molecule has 0 unspecified atom stereocenters. The van der Waals surface area contributed by atoms with Crippen molar-refractivity contribution in [3.8, 4) is 5.75 Å². The van der Waals surface area contributed by atoms with E-state index >= 15 is 0 Å². The highest BCUT2D eigenvalue weighted by atomic mass is 127. The molecule has 14 heavy (non-hydrogen) atoms. The fourth-order valence-corrected chi connectivity index (χ4v) is 1.87. The van der Waals surface area contributed by atoms with Crippen LogP contribution >= 0.6 is 35.0 Å². The lowest BCUT2D eigenvalue weighted by molar-refractivity contribution is 0.464. The zero-order valence-electron chi connectivity index (χ0n) is 8.25. The summed E-state index contributed by atoms with van der Waals surface area (Å²) in [6.45, 7) is 4.65. The summed E-state index contributed by atoms with van der Waals surface area (Å²) in [6.07, 6.45) is 0. The minimum atomic E-state index is 0. The fraction of sp³-hybridized carbons (Fsp3) is 0.400. The zero-order chi connectivity index (χ0) is 10.0. The van der Waals surface area contributed by atoms with Crippen molar-refractivity contribution in [3.63, 3.8) is 0 Å². The molecule has 80 valence electrons. The summed E-state index contributed by atoms with van der Waals surface area (Å²) in [5, 5.41) is 9.62. The lowest BCUT2D eigenvalue weighted by atomic mass is 10.0. The molecule has 0 atom stereocenters. The third-order valence-electron chi connectivity index (χ3n) is 2.05. The van der Waals surface area contributed by atoms with Crippen molar-refractivity contribution in [1.82, 2.24) is 0 Å². The van der Waals surface area contributed by atoms with Gasteiger partial charge in [0.05, 0.1) is 3.57 Å². The molecule has 0 heterocycles. The van der Waals surface area contributed by atoms with E-state index in [1.807, 2.05) is 12.1 Å². The van der Waals surface area contributed by atoms with Gasteiger partial charge >= 0.3 is 0 Å². The highest BCUT2D eigenvalue weighted by Crippen LogP contribution is 2.28. The quantitative estimate of drug-likeness (QED) is 0.820. The topological polar surface area (TPSA) is 46.2 Å². The van der Waals surface area contributed by atoms with Crippen LogP contribution in [0.5, 0.6) is 5.75 Å². The summed E-state index contributed by atoms with van der Waals surface area (Å²) in [7, 11) is 0. The molecule has 1 aromatic rings. The van der Waals surface area contributed by atoms with E-state index in [-0.39, 0.29) is 12.4 Å². The van der Waals surface area contributed by atoms with E-state index in [2.05, 4.69) is 36.4 Å². The maximum Gasteiger partial charge on any atom is 0.133 e. The summed E-state index contributed by atoms with van der Waals surface area (Å²) in [4.78, 5) is 0. The van der Waals surface area contributed by atoms with Crippen molar-refractivity contribution in [3.05, 3.63) is 26.8 Å². The summed E-state index contributed by atoms with van der Waals surface area (Å²) in [5.74, 6) is 0.798. The van der Waals surface area contributed by atoms with Gasteiger partial charge in [-0.25, -0.2) is 0 Å². The standard InChI is InChI=1S/C10H14INO.ClH/c1-6(2)7-3-8(5-12)10(13)9(11)4-7;/h3-4,6,13H,5,12H2,1-2H3;1H. The van der Waals surface area contributed by atoms with Crippen molar-refractivity contribution < 1.29 is 5.11 Å². The van der Waals surface area contributed by atoms with E-state index in [1.165, 1.54) is 5.56 Å². The van der Waals surface area contributed by atoms with E-state index in [9.17, 15) is 5.11 Å². The van der Waals surface area contributed by atoms with Crippen molar-refractivity contribution in [1.29, 1.82) is 0 Å². The molecular formula is C10H15ClINO. The van der Waals surface area contributed by atoms with Crippen molar-refractivity contribution in [2.45, 2.75) is 26.3 Å². The zero-order valence-corrected chi connectivity index (χ0v) is 11.2. The first-order chi connectivity index (χ1) is 6.06.